The van der Waals surface area contributed by atoms with Crippen molar-refractivity contribution in [1.29, 1.82) is 15.8 Å². The summed E-state index contributed by atoms with van der Waals surface area (Å²) in [6.07, 6.45) is 0.930. The summed E-state index contributed by atoms with van der Waals surface area (Å²) in [5.74, 6) is -0.920. The van der Waals surface area contributed by atoms with Gasteiger partial charge >= 0.3 is 0 Å². The van der Waals surface area contributed by atoms with Crippen molar-refractivity contribution in [2.75, 3.05) is 11.6 Å². The number of allylic oxidation sites excluding steroid dienone is 2. The van der Waals surface area contributed by atoms with E-state index in [1.807, 2.05) is 0 Å². The normalized spacial score (nSPS) is 9.75. The molecule has 0 aromatic heterocycles. The molecule has 0 aliphatic rings. The maximum Gasteiger partial charge on any atom is 0.175 e. The molecule has 0 saturated carbocycles. The fraction of sp³-hybridized carbons (Fsp3) is 0.0833. The minimum absolute atomic E-state index is 0.211. The summed E-state index contributed by atoms with van der Waals surface area (Å²) < 4.78 is 36.2. The molecular weight excluding hydrogens is 283 g/mol. The number of hydrogen-bond acceptors (Lipinski definition) is 6. The second kappa shape index (κ2) is 5.83. The Morgan fingerprint density at radius 1 is 1.20 bits per heavy atom. The summed E-state index contributed by atoms with van der Waals surface area (Å²) in [6.45, 7) is 0. The van der Waals surface area contributed by atoms with E-state index in [4.69, 9.17) is 15.8 Å². The topological polar surface area (TPSA) is 118 Å². The SMILES string of the molecule is CS(=O)(=O)c1ccc(NC(C#N)=C(C#N)C#N)c(F)c1. The van der Waals surface area contributed by atoms with Crippen LogP contribution in [0.4, 0.5) is 10.1 Å². The van der Waals surface area contributed by atoms with E-state index in [0.29, 0.717) is 0 Å². The van der Waals surface area contributed by atoms with Crippen LogP contribution in [0.15, 0.2) is 34.4 Å². The van der Waals surface area contributed by atoms with Crippen LogP contribution in [-0.2, 0) is 9.84 Å². The minimum Gasteiger partial charge on any atom is -0.343 e. The molecule has 6 nitrogen and oxygen atoms in total. The molecule has 0 heterocycles. The Kier molecular flexibility index (Phi) is 4.42. The summed E-state index contributed by atoms with van der Waals surface area (Å²) in [5.41, 5.74) is -1.13. The number of hydrogen-bond donors (Lipinski definition) is 1. The first-order chi connectivity index (χ1) is 9.33. The van der Waals surface area contributed by atoms with Gasteiger partial charge in [0.2, 0.25) is 0 Å². The average Bonchev–Trinajstić information content (AvgIpc) is 2.39. The highest BCUT2D eigenvalue weighted by Gasteiger charge is 2.13. The summed E-state index contributed by atoms with van der Waals surface area (Å²) in [6, 6.07) is 7.59. The van der Waals surface area contributed by atoms with Crippen LogP contribution < -0.4 is 5.32 Å². The van der Waals surface area contributed by atoms with Crippen molar-refractivity contribution in [2.24, 2.45) is 0 Å². The quantitative estimate of drug-likeness (QED) is 0.842. The summed E-state index contributed by atoms with van der Waals surface area (Å²) >= 11 is 0. The van der Waals surface area contributed by atoms with Crippen molar-refractivity contribution >= 4 is 15.5 Å². The lowest BCUT2D eigenvalue weighted by molar-refractivity contribution is 0.596. The molecule has 0 amide bonds. The van der Waals surface area contributed by atoms with Crippen LogP contribution in [0.1, 0.15) is 0 Å². The first-order valence-electron chi connectivity index (χ1n) is 5.04. The highest BCUT2D eigenvalue weighted by molar-refractivity contribution is 7.90. The number of anilines is 1. The molecule has 100 valence electrons. The molecule has 0 fully saturated rings. The van der Waals surface area contributed by atoms with Crippen LogP contribution >= 0.6 is 0 Å². The van der Waals surface area contributed by atoms with Crippen LogP contribution in [-0.4, -0.2) is 14.7 Å². The number of sulfone groups is 1. The third kappa shape index (κ3) is 3.32. The first-order valence-corrected chi connectivity index (χ1v) is 6.93. The van der Waals surface area contributed by atoms with Crippen LogP contribution in [0.25, 0.3) is 0 Å². The molecule has 0 aliphatic heterocycles. The zero-order valence-corrected chi connectivity index (χ0v) is 11.0. The Balaban J connectivity index is 3.27. The lowest BCUT2D eigenvalue weighted by atomic mass is 10.2. The summed E-state index contributed by atoms with van der Waals surface area (Å²) in [7, 11) is -3.55. The van der Waals surface area contributed by atoms with Crippen molar-refractivity contribution in [1.82, 2.24) is 0 Å². The van der Waals surface area contributed by atoms with Gasteiger partial charge in [-0.3, -0.25) is 0 Å². The van der Waals surface area contributed by atoms with Gasteiger partial charge in [-0.25, -0.2) is 12.8 Å². The molecule has 0 spiro atoms. The predicted molar refractivity (Wildman–Crippen MR) is 67.0 cm³/mol. The number of rotatable bonds is 3. The van der Waals surface area contributed by atoms with Gasteiger partial charge < -0.3 is 5.32 Å². The third-order valence-corrected chi connectivity index (χ3v) is 3.32. The molecule has 1 aromatic rings. The van der Waals surface area contributed by atoms with Crippen molar-refractivity contribution in [3.63, 3.8) is 0 Å². The van der Waals surface area contributed by atoms with Crippen LogP contribution in [0, 0.1) is 39.8 Å². The Morgan fingerprint density at radius 2 is 1.80 bits per heavy atom. The van der Waals surface area contributed by atoms with Crippen LogP contribution in [0.3, 0.4) is 0 Å². The van der Waals surface area contributed by atoms with Gasteiger partial charge in [0.05, 0.1) is 10.6 Å². The monoisotopic (exact) mass is 290 g/mol. The molecule has 0 radical (unpaired) electrons. The molecule has 0 unspecified atom stereocenters. The lowest BCUT2D eigenvalue weighted by Gasteiger charge is -2.07. The molecule has 1 aromatic carbocycles. The zero-order valence-electron chi connectivity index (χ0n) is 10.2. The Labute approximate surface area is 114 Å². The summed E-state index contributed by atoms with van der Waals surface area (Å²) in [4.78, 5) is -0.219. The highest BCUT2D eigenvalue weighted by atomic mass is 32.2. The minimum atomic E-state index is -3.55. The second-order valence-corrected chi connectivity index (χ2v) is 5.64. The van der Waals surface area contributed by atoms with E-state index in [1.54, 1.807) is 6.07 Å². The lowest BCUT2D eigenvalue weighted by Crippen LogP contribution is -2.04. The van der Waals surface area contributed by atoms with Gasteiger partial charge in [0.25, 0.3) is 0 Å². The summed E-state index contributed by atoms with van der Waals surface area (Å²) in [5, 5.41) is 28.3. The van der Waals surface area contributed by atoms with E-state index >= 15 is 0 Å². The smallest absolute Gasteiger partial charge is 0.175 e. The Morgan fingerprint density at radius 3 is 2.20 bits per heavy atom. The van der Waals surface area contributed by atoms with E-state index in [1.165, 1.54) is 12.1 Å². The molecule has 8 heteroatoms. The standard InChI is InChI=1S/C12H7FN4O2S/c1-20(18,19)9-2-3-11(10(13)4-9)17-12(7-16)8(5-14)6-15/h2-4,17H,1H3. The van der Waals surface area contributed by atoms with Gasteiger partial charge in [-0.05, 0) is 18.2 Å². The largest absolute Gasteiger partial charge is 0.343 e. The van der Waals surface area contributed by atoms with Crippen molar-refractivity contribution in [3.8, 4) is 18.2 Å². The van der Waals surface area contributed by atoms with Gasteiger partial charge in [0, 0.05) is 6.26 Å². The molecule has 0 atom stereocenters. The second-order valence-electron chi connectivity index (χ2n) is 3.62. The van der Waals surface area contributed by atoms with E-state index in [0.717, 1.165) is 24.5 Å². The van der Waals surface area contributed by atoms with Gasteiger partial charge in [-0.1, -0.05) is 0 Å². The zero-order chi connectivity index (χ0) is 15.3. The van der Waals surface area contributed by atoms with Gasteiger partial charge in [-0.15, -0.1) is 0 Å². The van der Waals surface area contributed by atoms with Gasteiger partial charge in [0.1, 0.15) is 29.7 Å². The van der Waals surface area contributed by atoms with Crippen LogP contribution in [0.2, 0.25) is 0 Å². The third-order valence-electron chi connectivity index (χ3n) is 2.21. The number of nitrogens with zero attached hydrogens (tertiary/aromatic N) is 3. The van der Waals surface area contributed by atoms with Crippen molar-refractivity contribution < 1.29 is 12.8 Å². The van der Waals surface area contributed by atoms with E-state index < -0.39 is 26.9 Å². The molecule has 0 saturated heterocycles. The first kappa shape index (κ1) is 15.2. The fourth-order valence-electron chi connectivity index (χ4n) is 1.25. The van der Waals surface area contributed by atoms with Crippen molar-refractivity contribution in [2.45, 2.75) is 4.90 Å². The number of halogens is 1. The molecule has 1 N–H and O–H groups in total. The van der Waals surface area contributed by atoms with E-state index in [9.17, 15) is 12.8 Å². The molecule has 1 rings (SSSR count). The number of nitrogens with one attached hydrogen (secondary N) is 1. The molecule has 0 aliphatic carbocycles. The van der Waals surface area contributed by atoms with Gasteiger partial charge in [-0.2, -0.15) is 15.8 Å². The Hall–Kier alpha value is -2.89. The highest BCUT2D eigenvalue weighted by Crippen LogP contribution is 2.20. The van der Waals surface area contributed by atoms with Gasteiger partial charge in [0.15, 0.2) is 15.4 Å². The molecule has 20 heavy (non-hydrogen) atoms. The maximum atomic E-state index is 13.7. The fourth-order valence-corrected chi connectivity index (χ4v) is 1.88. The maximum absolute atomic E-state index is 13.7. The average molecular weight is 290 g/mol. The van der Waals surface area contributed by atoms with Crippen molar-refractivity contribution in [3.05, 3.63) is 35.3 Å². The van der Waals surface area contributed by atoms with E-state index in [2.05, 4.69) is 5.32 Å². The number of nitriles is 3. The van der Waals surface area contributed by atoms with Crippen LogP contribution in [0.5, 0.6) is 0 Å². The molecule has 0 bridgehead atoms. The van der Waals surface area contributed by atoms with E-state index in [-0.39, 0.29) is 10.6 Å². The number of benzene rings is 1. The predicted octanol–water partition coefficient (Wildman–Crippen LogP) is 1.47. The molecular formula is C12H7FN4O2S. The Bertz CT molecular complexity index is 791.